The van der Waals surface area contributed by atoms with E-state index in [1.165, 1.54) is 18.0 Å². The number of H-pyrrole nitrogens is 1. The molecule has 0 aromatic carbocycles. The van der Waals surface area contributed by atoms with E-state index in [4.69, 9.17) is 11.5 Å². The number of carboxylic acid groups (broad SMARTS) is 1. The van der Waals surface area contributed by atoms with Gasteiger partial charge in [0.2, 0.25) is 11.5 Å². The largest absolute Gasteiger partial charge is 0.477 e. The third kappa shape index (κ3) is 3.88. The molecule has 0 aliphatic carbocycles. The summed E-state index contributed by atoms with van der Waals surface area (Å²) in [6, 6.07) is -1.06. The van der Waals surface area contributed by atoms with Crippen LogP contribution < -0.4 is 16.8 Å². The lowest BCUT2D eigenvalue weighted by molar-refractivity contribution is -0.150. The number of aromatic nitrogens is 6. The minimum Gasteiger partial charge on any atom is -0.477 e. The zero-order valence-electron chi connectivity index (χ0n) is 17.1. The summed E-state index contributed by atoms with van der Waals surface area (Å²) in [6.07, 6.45) is 1.47. The predicted octanol–water partition coefficient (Wildman–Crippen LogP) is -0.965. The number of hydrogen-bond donors (Lipinski definition) is 6. The third-order valence-corrected chi connectivity index (χ3v) is 7.88. The Balaban J connectivity index is 1.37. The lowest BCUT2D eigenvalue weighted by Crippen LogP contribution is -2.71. The summed E-state index contributed by atoms with van der Waals surface area (Å²) >= 11 is 3.00. The number of nitrogens with zero attached hydrogens (tertiary/aromatic N) is 7. The number of nitrogen functional groups attached to an aromatic ring is 2. The van der Waals surface area contributed by atoms with Crippen LogP contribution >= 0.6 is 35.1 Å². The van der Waals surface area contributed by atoms with Gasteiger partial charge >= 0.3 is 5.97 Å². The number of nitrogens with one attached hydrogen (secondary N) is 2. The van der Waals surface area contributed by atoms with Crippen molar-refractivity contribution < 1.29 is 24.7 Å². The quantitative estimate of drug-likeness (QED) is 0.0730. The molecule has 2 aliphatic rings. The molecule has 3 aromatic rings. The molecular weight excluding hydrogens is 522 g/mol. The molecule has 0 saturated carbocycles. The number of aliphatic carboxylic acids is 1. The number of thioether (sulfide) groups is 2. The standard InChI is InChI=1S/C16H13N11O5S3/c17-8-3-1-19-24-9(3)23-16(21-8)34-4-2-33-13-6(12(29)27(13)7(4)14(30)31)20-11(28)5(25-32)10-22-15(18)35-26-10/h1,6,13,32H,2H2,(H,20,28)(H,30,31)(H2,18,22,26)(H3,17,19,21,23,24)/b25-5-/t6?,13-/m1/s1. The van der Waals surface area contributed by atoms with E-state index < -0.39 is 34.9 Å². The second-order valence-electron chi connectivity index (χ2n) is 6.97. The van der Waals surface area contributed by atoms with Gasteiger partial charge in [-0.2, -0.15) is 14.5 Å². The summed E-state index contributed by atoms with van der Waals surface area (Å²) in [5, 5.41) is 31.0. The Morgan fingerprint density at radius 1 is 1.31 bits per heavy atom. The van der Waals surface area contributed by atoms with E-state index in [1.54, 1.807) is 0 Å². The fraction of sp³-hybridized carbons (Fsp3) is 0.188. The van der Waals surface area contributed by atoms with Crippen molar-refractivity contribution in [3.63, 3.8) is 0 Å². The van der Waals surface area contributed by atoms with Gasteiger partial charge in [-0.25, -0.2) is 14.8 Å². The average Bonchev–Trinajstić information content (AvgIpc) is 3.47. The second kappa shape index (κ2) is 8.67. The molecule has 2 amide bonds. The Hall–Kier alpha value is -3.97. The van der Waals surface area contributed by atoms with Gasteiger partial charge in [0.1, 0.15) is 22.9 Å². The number of oxime groups is 1. The van der Waals surface area contributed by atoms with Crippen LogP contribution in [0, 0.1) is 0 Å². The Morgan fingerprint density at radius 2 is 2.11 bits per heavy atom. The predicted molar refractivity (Wildman–Crippen MR) is 124 cm³/mol. The lowest BCUT2D eigenvalue weighted by Gasteiger charge is -2.49. The Morgan fingerprint density at radius 3 is 2.80 bits per heavy atom. The highest BCUT2D eigenvalue weighted by Gasteiger charge is 2.54. The maximum atomic E-state index is 12.9. The molecule has 1 saturated heterocycles. The van der Waals surface area contributed by atoms with Crippen molar-refractivity contribution in [2.24, 2.45) is 5.16 Å². The lowest BCUT2D eigenvalue weighted by atomic mass is 10.0. The van der Waals surface area contributed by atoms with Crippen LogP contribution in [0.5, 0.6) is 0 Å². The van der Waals surface area contributed by atoms with E-state index in [9.17, 15) is 24.7 Å². The number of aromatic amines is 1. The number of amides is 2. The number of rotatable bonds is 6. The van der Waals surface area contributed by atoms with Crippen LogP contribution in [-0.2, 0) is 14.4 Å². The van der Waals surface area contributed by atoms with Gasteiger partial charge in [0.25, 0.3) is 11.8 Å². The summed E-state index contributed by atoms with van der Waals surface area (Å²) in [5.41, 5.74) is 11.0. The number of nitrogens with two attached hydrogens (primary N) is 2. The van der Waals surface area contributed by atoms with Gasteiger partial charge in [-0.15, -0.1) is 11.8 Å². The minimum absolute atomic E-state index is 0.0568. The maximum Gasteiger partial charge on any atom is 0.353 e. The average molecular weight is 536 g/mol. The summed E-state index contributed by atoms with van der Waals surface area (Å²) in [5.74, 6) is -2.73. The maximum absolute atomic E-state index is 12.9. The first-order chi connectivity index (χ1) is 16.8. The van der Waals surface area contributed by atoms with Crippen molar-refractivity contribution in [3.8, 4) is 0 Å². The van der Waals surface area contributed by atoms with Crippen molar-refractivity contribution in [2.75, 3.05) is 17.2 Å². The molecule has 180 valence electrons. The van der Waals surface area contributed by atoms with E-state index in [1.807, 2.05) is 0 Å². The third-order valence-electron chi connectivity index (χ3n) is 4.92. The highest BCUT2D eigenvalue weighted by atomic mass is 32.2. The number of anilines is 2. The van der Waals surface area contributed by atoms with Crippen molar-refractivity contribution in [1.82, 2.24) is 39.7 Å². The van der Waals surface area contributed by atoms with Crippen LogP contribution in [0.4, 0.5) is 10.9 Å². The molecule has 5 heterocycles. The molecule has 0 spiro atoms. The molecule has 1 fully saturated rings. The van der Waals surface area contributed by atoms with Crippen molar-refractivity contribution in [3.05, 3.63) is 22.6 Å². The topological polar surface area (TPSA) is 252 Å². The monoisotopic (exact) mass is 535 g/mol. The van der Waals surface area contributed by atoms with Crippen LogP contribution in [-0.4, -0.2) is 85.4 Å². The first-order valence-electron chi connectivity index (χ1n) is 9.46. The molecule has 0 bridgehead atoms. The van der Waals surface area contributed by atoms with Crippen LogP contribution in [0.15, 0.2) is 27.1 Å². The van der Waals surface area contributed by atoms with Gasteiger partial charge < -0.3 is 27.1 Å². The number of carbonyl (C=O) groups is 3. The number of carbonyl (C=O) groups excluding carboxylic acids is 2. The van der Waals surface area contributed by atoms with E-state index in [2.05, 4.69) is 40.0 Å². The summed E-state index contributed by atoms with van der Waals surface area (Å²) < 4.78 is 3.80. The highest BCUT2D eigenvalue weighted by molar-refractivity contribution is 8.06. The number of carboxylic acids is 1. The minimum atomic E-state index is -1.33. The highest BCUT2D eigenvalue weighted by Crippen LogP contribution is 2.44. The van der Waals surface area contributed by atoms with Crippen molar-refractivity contribution >= 4 is 80.5 Å². The van der Waals surface area contributed by atoms with Crippen molar-refractivity contribution in [2.45, 2.75) is 16.6 Å². The molecule has 16 nitrogen and oxygen atoms in total. The van der Waals surface area contributed by atoms with Crippen LogP contribution in [0.1, 0.15) is 5.82 Å². The summed E-state index contributed by atoms with van der Waals surface area (Å²) in [6.45, 7) is 0. The van der Waals surface area contributed by atoms with Crippen LogP contribution in [0.3, 0.4) is 0 Å². The molecule has 8 N–H and O–H groups in total. The number of β-lactam (4-membered cyclic amide) rings is 1. The summed E-state index contributed by atoms with van der Waals surface area (Å²) in [7, 11) is 0. The van der Waals surface area contributed by atoms with Gasteiger partial charge in [-0.1, -0.05) is 16.9 Å². The van der Waals surface area contributed by atoms with Gasteiger partial charge in [-0.05, 0) is 0 Å². The second-order valence-corrected chi connectivity index (χ2v) is 9.92. The molecule has 2 atom stereocenters. The van der Waals surface area contributed by atoms with Gasteiger partial charge in [-0.3, -0.25) is 19.6 Å². The van der Waals surface area contributed by atoms with Crippen LogP contribution in [0.2, 0.25) is 0 Å². The van der Waals surface area contributed by atoms with E-state index in [-0.39, 0.29) is 33.4 Å². The smallest absolute Gasteiger partial charge is 0.353 e. The van der Waals surface area contributed by atoms with Crippen molar-refractivity contribution in [1.29, 1.82) is 0 Å². The first-order valence-corrected chi connectivity index (χ1v) is 12.1. The molecule has 5 rings (SSSR count). The first kappa shape index (κ1) is 22.8. The molecule has 3 aromatic heterocycles. The molecular formula is C16H13N11O5S3. The van der Waals surface area contributed by atoms with E-state index >= 15 is 0 Å². The molecule has 2 aliphatic heterocycles. The Bertz CT molecular complexity index is 1450. The zero-order chi connectivity index (χ0) is 24.9. The molecule has 1 unspecified atom stereocenters. The molecule has 19 heteroatoms. The zero-order valence-corrected chi connectivity index (χ0v) is 19.5. The molecule has 0 radical (unpaired) electrons. The molecule has 35 heavy (non-hydrogen) atoms. The SMILES string of the molecule is Nc1nc(/C(=N/O)C(=O)NC2C(=O)N3C(C(=O)O)=C(Sc4nc(N)c5cn[nH]c5n4)CS[C@H]23)ns1. The van der Waals surface area contributed by atoms with E-state index in [0.29, 0.717) is 15.9 Å². The normalized spacial score (nSPS) is 20.1. The fourth-order valence-corrected chi connectivity index (χ4v) is 6.25. The Kier molecular flexibility index (Phi) is 5.65. The number of hydrogen-bond acceptors (Lipinski definition) is 15. The van der Waals surface area contributed by atoms with Gasteiger partial charge in [0.15, 0.2) is 15.9 Å². The number of fused-ring (bicyclic) bond motifs is 2. The van der Waals surface area contributed by atoms with Gasteiger partial charge in [0, 0.05) is 22.2 Å². The summed E-state index contributed by atoms with van der Waals surface area (Å²) in [4.78, 5) is 51.2. The van der Waals surface area contributed by atoms with Crippen LogP contribution in [0.25, 0.3) is 11.0 Å². The Labute approximate surface area is 206 Å². The fourth-order valence-electron chi connectivity index (χ4n) is 3.39. The van der Waals surface area contributed by atoms with Gasteiger partial charge in [0.05, 0.1) is 11.6 Å². The van der Waals surface area contributed by atoms with E-state index in [0.717, 1.165) is 28.2 Å².